The Morgan fingerprint density at radius 3 is 2.10 bits per heavy atom. The van der Waals surface area contributed by atoms with Gasteiger partial charge in [-0.3, -0.25) is 0 Å². The van der Waals surface area contributed by atoms with Gasteiger partial charge >= 0.3 is 0 Å². The van der Waals surface area contributed by atoms with Gasteiger partial charge in [-0.15, -0.1) is 0 Å². The quantitative estimate of drug-likeness (QED) is 0.858. The summed E-state index contributed by atoms with van der Waals surface area (Å²) in [6.45, 7) is 4.40. The Kier molecular flexibility index (Phi) is 5.27. The van der Waals surface area contributed by atoms with Crippen LogP contribution in [-0.2, 0) is 0 Å². The molecule has 0 heterocycles. The normalized spacial score (nSPS) is 12.5. The molecule has 0 aliphatic heterocycles. The maximum Gasteiger partial charge on any atom is 0.120 e. The molecule has 2 rings (SSSR count). The van der Waals surface area contributed by atoms with Crippen molar-refractivity contribution in [3.8, 4) is 5.75 Å². The Bertz CT molecular complexity index is 593. The summed E-state index contributed by atoms with van der Waals surface area (Å²) < 4.78 is 5.21. The van der Waals surface area contributed by atoms with Crippen LogP contribution in [0.25, 0.3) is 0 Å². The molecule has 1 atom stereocenters. The highest BCUT2D eigenvalue weighted by Crippen LogP contribution is 2.31. The molecule has 21 heavy (non-hydrogen) atoms. The predicted octanol–water partition coefficient (Wildman–Crippen LogP) is 4.78. The second-order valence-corrected chi connectivity index (χ2v) is 5.84. The maximum absolute atomic E-state index is 6.39. The van der Waals surface area contributed by atoms with Crippen LogP contribution in [0.15, 0.2) is 42.5 Å². The molecular formula is C18H22ClNO. The molecule has 112 valence electrons. The van der Waals surface area contributed by atoms with Crippen molar-refractivity contribution in [3.63, 3.8) is 0 Å². The van der Waals surface area contributed by atoms with Gasteiger partial charge in [0, 0.05) is 5.02 Å². The first-order chi connectivity index (χ1) is 10.1. The van der Waals surface area contributed by atoms with E-state index in [-0.39, 0.29) is 6.04 Å². The fraction of sp³-hybridized carbons (Fsp3) is 0.333. The molecule has 0 bridgehead atoms. The summed E-state index contributed by atoms with van der Waals surface area (Å²) >= 11 is 6.39. The smallest absolute Gasteiger partial charge is 0.120 e. The minimum Gasteiger partial charge on any atom is -0.497 e. The fourth-order valence-corrected chi connectivity index (χ4v) is 2.72. The molecule has 3 heteroatoms. The summed E-state index contributed by atoms with van der Waals surface area (Å²) in [6, 6.07) is 14.6. The van der Waals surface area contributed by atoms with Gasteiger partial charge in [-0.2, -0.15) is 0 Å². The average molecular weight is 304 g/mol. The van der Waals surface area contributed by atoms with Crippen molar-refractivity contribution in [2.45, 2.75) is 25.8 Å². The summed E-state index contributed by atoms with van der Waals surface area (Å²) in [6.07, 6.45) is 0. The van der Waals surface area contributed by atoms with Crippen molar-refractivity contribution >= 4 is 11.6 Å². The van der Waals surface area contributed by atoms with Gasteiger partial charge in [0.1, 0.15) is 5.75 Å². The van der Waals surface area contributed by atoms with Gasteiger partial charge in [0.25, 0.3) is 0 Å². The van der Waals surface area contributed by atoms with Crippen molar-refractivity contribution in [1.82, 2.24) is 5.32 Å². The summed E-state index contributed by atoms with van der Waals surface area (Å²) in [5.41, 5.74) is 3.60. The maximum atomic E-state index is 6.39. The van der Waals surface area contributed by atoms with E-state index in [4.69, 9.17) is 16.3 Å². The van der Waals surface area contributed by atoms with Crippen molar-refractivity contribution in [2.75, 3.05) is 14.2 Å². The van der Waals surface area contributed by atoms with Gasteiger partial charge in [0.2, 0.25) is 0 Å². The molecule has 1 unspecified atom stereocenters. The fourth-order valence-electron chi connectivity index (χ4n) is 2.44. The second-order valence-electron chi connectivity index (χ2n) is 5.43. The minimum atomic E-state index is 0.0737. The zero-order valence-corrected chi connectivity index (χ0v) is 13.7. The molecule has 2 aromatic rings. The van der Waals surface area contributed by atoms with E-state index < -0.39 is 0 Å². The summed E-state index contributed by atoms with van der Waals surface area (Å²) in [5, 5.41) is 4.05. The van der Waals surface area contributed by atoms with E-state index in [1.54, 1.807) is 7.11 Å². The lowest BCUT2D eigenvalue weighted by Crippen LogP contribution is -2.18. The SMILES string of the molecule is CNC(c1ccc(C(C)C)cc1)c1ccc(OC)cc1Cl. The van der Waals surface area contributed by atoms with Crippen molar-refractivity contribution in [3.05, 3.63) is 64.2 Å². The van der Waals surface area contributed by atoms with Crippen LogP contribution in [0.3, 0.4) is 0 Å². The molecule has 2 aromatic carbocycles. The predicted molar refractivity (Wildman–Crippen MR) is 89.4 cm³/mol. The molecule has 0 saturated carbocycles. The lowest BCUT2D eigenvalue weighted by atomic mass is 9.95. The molecule has 0 amide bonds. The van der Waals surface area contributed by atoms with E-state index in [1.807, 2.05) is 25.2 Å². The van der Waals surface area contributed by atoms with Crippen LogP contribution in [0.5, 0.6) is 5.75 Å². The topological polar surface area (TPSA) is 21.3 Å². The molecule has 0 spiro atoms. The van der Waals surface area contributed by atoms with Gasteiger partial charge in [-0.05, 0) is 41.8 Å². The second kappa shape index (κ2) is 6.97. The number of nitrogens with one attached hydrogen (secondary N) is 1. The van der Waals surface area contributed by atoms with Crippen LogP contribution in [0, 0.1) is 0 Å². The zero-order chi connectivity index (χ0) is 15.4. The number of halogens is 1. The van der Waals surface area contributed by atoms with Crippen molar-refractivity contribution in [2.24, 2.45) is 0 Å². The monoisotopic (exact) mass is 303 g/mol. The Morgan fingerprint density at radius 2 is 1.62 bits per heavy atom. The average Bonchev–Trinajstić information content (AvgIpc) is 2.50. The molecule has 0 fully saturated rings. The first kappa shape index (κ1) is 15.9. The highest BCUT2D eigenvalue weighted by atomic mass is 35.5. The van der Waals surface area contributed by atoms with E-state index in [0.717, 1.165) is 11.3 Å². The largest absolute Gasteiger partial charge is 0.497 e. The first-order valence-corrected chi connectivity index (χ1v) is 7.55. The minimum absolute atomic E-state index is 0.0737. The lowest BCUT2D eigenvalue weighted by molar-refractivity contribution is 0.414. The van der Waals surface area contributed by atoms with Crippen LogP contribution in [0.2, 0.25) is 5.02 Å². The van der Waals surface area contributed by atoms with Crippen molar-refractivity contribution < 1.29 is 4.74 Å². The van der Waals surface area contributed by atoms with Crippen LogP contribution in [0.4, 0.5) is 0 Å². The molecule has 0 aliphatic carbocycles. The molecule has 0 aliphatic rings. The highest BCUT2D eigenvalue weighted by Gasteiger charge is 2.16. The van der Waals surface area contributed by atoms with Gasteiger partial charge in [0.15, 0.2) is 0 Å². The number of rotatable bonds is 5. The van der Waals surface area contributed by atoms with Crippen molar-refractivity contribution in [1.29, 1.82) is 0 Å². The van der Waals surface area contributed by atoms with Crippen LogP contribution >= 0.6 is 11.6 Å². The van der Waals surface area contributed by atoms with Crippen LogP contribution < -0.4 is 10.1 Å². The van der Waals surface area contributed by atoms with E-state index in [9.17, 15) is 0 Å². The first-order valence-electron chi connectivity index (χ1n) is 7.17. The molecule has 0 saturated heterocycles. The van der Waals surface area contributed by atoms with E-state index >= 15 is 0 Å². The van der Waals surface area contributed by atoms with Gasteiger partial charge in [-0.25, -0.2) is 0 Å². The number of methoxy groups -OCH3 is 1. The molecule has 1 N–H and O–H groups in total. The van der Waals surface area contributed by atoms with E-state index in [0.29, 0.717) is 10.9 Å². The Hall–Kier alpha value is -1.51. The summed E-state index contributed by atoms with van der Waals surface area (Å²) in [4.78, 5) is 0. The molecule has 2 nitrogen and oxygen atoms in total. The lowest BCUT2D eigenvalue weighted by Gasteiger charge is -2.20. The van der Waals surface area contributed by atoms with Crippen LogP contribution in [-0.4, -0.2) is 14.2 Å². The molecule has 0 aromatic heterocycles. The summed E-state index contributed by atoms with van der Waals surface area (Å²) in [7, 11) is 3.59. The third-order valence-corrected chi connectivity index (χ3v) is 4.07. The highest BCUT2D eigenvalue weighted by molar-refractivity contribution is 6.31. The molecular weight excluding hydrogens is 282 g/mol. The number of benzene rings is 2. The van der Waals surface area contributed by atoms with Gasteiger partial charge < -0.3 is 10.1 Å². The Balaban J connectivity index is 2.35. The van der Waals surface area contributed by atoms with Crippen LogP contribution in [0.1, 0.15) is 42.5 Å². The van der Waals surface area contributed by atoms with E-state index in [1.165, 1.54) is 11.1 Å². The number of hydrogen-bond acceptors (Lipinski definition) is 2. The number of hydrogen-bond donors (Lipinski definition) is 1. The Labute approximate surface area is 132 Å². The Morgan fingerprint density at radius 1 is 1.00 bits per heavy atom. The van der Waals surface area contributed by atoms with Gasteiger partial charge in [0.05, 0.1) is 13.2 Å². The standard InChI is InChI=1S/C18H22ClNO/c1-12(2)13-5-7-14(8-6-13)18(20-3)16-10-9-15(21-4)11-17(16)19/h5-12,18,20H,1-4H3. The number of ether oxygens (including phenoxy) is 1. The third-order valence-electron chi connectivity index (χ3n) is 3.74. The van der Waals surface area contributed by atoms with E-state index in [2.05, 4.69) is 43.4 Å². The zero-order valence-electron chi connectivity index (χ0n) is 13.0. The van der Waals surface area contributed by atoms with Gasteiger partial charge in [-0.1, -0.05) is 55.8 Å². The third kappa shape index (κ3) is 3.58. The summed E-state index contributed by atoms with van der Waals surface area (Å²) in [5.74, 6) is 1.31. The molecule has 0 radical (unpaired) electrons.